The van der Waals surface area contributed by atoms with Crippen LogP contribution in [0, 0.1) is 5.92 Å². The summed E-state index contributed by atoms with van der Waals surface area (Å²) < 4.78 is 28.4. The third-order valence-corrected chi connectivity index (χ3v) is 5.12. The Labute approximate surface area is 112 Å². The van der Waals surface area contributed by atoms with E-state index in [1.807, 2.05) is 24.3 Å². The zero-order chi connectivity index (χ0) is 13.5. The first-order valence-corrected chi connectivity index (χ1v) is 7.84. The molecule has 1 aromatic rings. The van der Waals surface area contributed by atoms with Gasteiger partial charge in [-0.1, -0.05) is 24.4 Å². The second-order valence-corrected chi connectivity index (χ2v) is 7.20. The molecule has 18 heavy (non-hydrogen) atoms. The molecule has 0 heterocycles. The van der Waals surface area contributed by atoms with Gasteiger partial charge in [0.15, 0.2) is 9.84 Å². The van der Waals surface area contributed by atoms with E-state index in [-0.39, 0.29) is 16.8 Å². The largest absolute Gasteiger partial charge is 0.497 e. The maximum Gasteiger partial charge on any atom is 0.151 e. The maximum absolute atomic E-state index is 11.7. The summed E-state index contributed by atoms with van der Waals surface area (Å²) in [4.78, 5) is 0.270. The maximum atomic E-state index is 11.7. The van der Waals surface area contributed by atoms with Crippen LogP contribution in [-0.2, 0) is 9.84 Å². The molecule has 2 rings (SSSR count). The molecule has 1 aliphatic rings. The first-order chi connectivity index (χ1) is 8.36. The Balaban J connectivity index is 2.30. The van der Waals surface area contributed by atoms with E-state index in [0.29, 0.717) is 0 Å². The fourth-order valence-corrected chi connectivity index (χ4v) is 4.37. The van der Waals surface area contributed by atoms with Crippen LogP contribution >= 0.6 is 12.2 Å². The Morgan fingerprint density at radius 2 is 1.89 bits per heavy atom. The number of nitrogens with two attached hydrogens (primary N) is 1. The SMILES string of the molecule is COc1ccc([C@H]2[C@@H](C(N)=S)[C@@H]2S(C)(=O)=O)cc1. The van der Waals surface area contributed by atoms with Crippen LogP contribution in [0.1, 0.15) is 11.5 Å². The van der Waals surface area contributed by atoms with Gasteiger partial charge in [-0.05, 0) is 17.7 Å². The van der Waals surface area contributed by atoms with Crippen LogP contribution in [0.4, 0.5) is 0 Å². The van der Waals surface area contributed by atoms with E-state index in [1.54, 1.807) is 7.11 Å². The van der Waals surface area contributed by atoms with Crippen LogP contribution in [0.2, 0.25) is 0 Å². The van der Waals surface area contributed by atoms with Gasteiger partial charge in [0, 0.05) is 18.1 Å². The van der Waals surface area contributed by atoms with Crippen LogP contribution < -0.4 is 10.5 Å². The molecule has 98 valence electrons. The minimum absolute atomic E-state index is 0.122. The zero-order valence-electron chi connectivity index (χ0n) is 10.2. The quantitative estimate of drug-likeness (QED) is 0.839. The van der Waals surface area contributed by atoms with Gasteiger partial charge in [0.25, 0.3) is 0 Å². The van der Waals surface area contributed by atoms with Crippen LogP contribution in [0.25, 0.3) is 0 Å². The second-order valence-electron chi connectivity index (χ2n) is 4.52. The summed E-state index contributed by atoms with van der Waals surface area (Å²) in [5.74, 6) is 0.369. The zero-order valence-corrected chi connectivity index (χ0v) is 11.8. The molecular weight excluding hydrogens is 270 g/mol. The predicted molar refractivity (Wildman–Crippen MR) is 74.6 cm³/mol. The Morgan fingerprint density at radius 1 is 1.33 bits per heavy atom. The number of thiocarbonyl (C=S) groups is 1. The summed E-state index contributed by atoms with van der Waals surface area (Å²) in [7, 11) is -1.55. The highest BCUT2D eigenvalue weighted by molar-refractivity contribution is 7.91. The molecule has 0 saturated heterocycles. The molecule has 0 spiro atoms. The molecule has 6 heteroatoms. The lowest BCUT2D eigenvalue weighted by Gasteiger charge is -2.02. The number of rotatable bonds is 4. The van der Waals surface area contributed by atoms with Crippen molar-refractivity contribution in [3.8, 4) is 5.75 Å². The molecule has 1 saturated carbocycles. The van der Waals surface area contributed by atoms with Gasteiger partial charge in [0.1, 0.15) is 5.75 Å². The van der Waals surface area contributed by atoms with E-state index in [1.165, 1.54) is 6.26 Å². The molecular formula is C12H15NO3S2. The van der Waals surface area contributed by atoms with E-state index < -0.39 is 15.1 Å². The van der Waals surface area contributed by atoms with Gasteiger partial charge in [-0.3, -0.25) is 0 Å². The van der Waals surface area contributed by atoms with Crippen LogP contribution in [0.15, 0.2) is 24.3 Å². The third kappa shape index (κ3) is 2.35. The normalized spacial score (nSPS) is 26.7. The van der Waals surface area contributed by atoms with Gasteiger partial charge >= 0.3 is 0 Å². The monoisotopic (exact) mass is 285 g/mol. The van der Waals surface area contributed by atoms with Crippen molar-refractivity contribution in [2.45, 2.75) is 11.2 Å². The van der Waals surface area contributed by atoms with E-state index >= 15 is 0 Å². The van der Waals surface area contributed by atoms with E-state index in [9.17, 15) is 8.42 Å². The van der Waals surface area contributed by atoms with Gasteiger partial charge in [0.2, 0.25) is 0 Å². The van der Waals surface area contributed by atoms with Gasteiger partial charge in [0.05, 0.1) is 17.3 Å². The number of sulfone groups is 1. The first kappa shape index (κ1) is 13.3. The van der Waals surface area contributed by atoms with Crippen molar-refractivity contribution in [1.29, 1.82) is 0 Å². The fraction of sp³-hybridized carbons (Fsp3) is 0.417. The summed E-state index contributed by atoms with van der Waals surface area (Å²) >= 11 is 4.94. The van der Waals surface area contributed by atoms with Crippen molar-refractivity contribution in [3.05, 3.63) is 29.8 Å². The Kier molecular flexibility index (Phi) is 3.33. The Bertz CT molecular complexity index is 565. The summed E-state index contributed by atoms with van der Waals surface area (Å²) in [5.41, 5.74) is 6.55. The smallest absolute Gasteiger partial charge is 0.151 e. The van der Waals surface area contributed by atoms with Crippen molar-refractivity contribution in [2.24, 2.45) is 11.7 Å². The molecule has 0 unspecified atom stereocenters. The highest BCUT2D eigenvalue weighted by atomic mass is 32.2. The molecule has 1 aromatic carbocycles. The van der Waals surface area contributed by atoms with Crippen LogP contribution in [0.3, 0.4) is 0 Å². The van der Waals surface area contributed by atoms with Gasteiger partial charge in [-0.15, -0.1) is 0 Å². The molecule has 0 bridgehead atoms. The number of benzene rings is 1. The van der Waals surface area contributed by atoms with Crippen LogP contribution in [-0.4, -0.2) is 32.0 Å². The summed E-state index contributed by atoms with van der Waals surface area (Å²) in [6.07, 6.45) is 1.23. The summed E-state index contributed by atoms with van der Waals surface area (Å²) in [6.45, 7) is 0. The van der Waals surface area contributed by atoms with Gasteiger partial charge in [-0.25, -0.2) is 8.42 Å². The van der Waals surface area contributed by atoms with Crippen molar-refractivity contribution >= 4 is 27.0 Å². The van der Waals surface area contributed by atoms with Crippen molar-refractivity contribution in [2.75, 3.05) is 13.4 Å². The van der Waals surface area contributed by atoms with Crippen molar-refractivity contribution in [3.63, 3.8) is 0 Å². The highest BCUT2D eigenvalue weighted by Gasteiger charge is 2.58. The van der Waals surface area contributed by atoms with Gasteiger partial charge in [-0.2, -0.15) is 0 Å². The average molecular weight is 285 g/mol. The van der Waals surface area contributed by atoms with E-state index in [2.05, 4.69) is 0 Å². The third-order valence-electron chi connectivity index (χ3n) is 3.28. The lowest BCUT2D eigenvalue weighted by atomic mass is 10.1. The second kappa shape index (κ2) is 4.51. The molecule has 3 atom stereocenters. The minimum Gasteiger partial charge on any atom is -0.497 e. The lowest BCUT2D eigenvalue weighted by molar-refractivity contribution is 0.414. The standard InChI is InChI=1S/C12H15NO3S2/c1-16-8-5-3-7(4-6-8)9-10(12(13)17)11(9)18(2,14)15/h3-6,9-11H,1-2H3,(H2,13,17)/t9-,10+,11+/m0/s1. The minimum atomic E-state index is -3.14. The predicted octanol–water partition coefficient (Wildman–Crippen LogP) is 1.11. The van der Waals surface area contributed by atoms with Crippen molar-refractivity contribution < 1.29 is 13.2 Å². The number of methoxy groups -OCH3 is 1. The molecule has 0 amide bonds. The summed E-state index contributed by atoms with van der Waals surface area (Å²) in [6, 6.07) is 7.34. The molecule has 2 N–H and O–H groups in total. The van der Waals surface area contributed by atoms with E-state index in [0.717, 1.165) is 11.3 Å². The highest BCUT2D eigenvalue weighted by Crippen LogP contribution is 2.52. The Morgan fingerprint density at radius 3 is 2.22 bits per heavy atom. The molecule has 0 aromatic heterocycles. The number of hydrogen-bond donors (Lipinski definition) is 1. The lowest BCUT2D eigenvalue weighted by Crippen LogP contribution is -2.16. The first-order valence-electron chi connectivity index (χ1n) is 5.48. The van der Waals surface area contributed by atoms with Crippen LogP contribution in [0.5, 0.6) is 5.75 Å². The molecule has 1 aliphatic carbocycles. The molecule has 1 fully saturated rings. The van der Waals surface area contributed by atoms with Crippen molar-refractivity contribution in [1.82, 2.24) is 0 Å². The topological polar surface area (TPSA) is 69.4 Å². The fourth-order valence-electron chi connectivity index (χ4n) is 2.38. The molecule has 0 radical (unpaired) electrons. The summed E-state index contributed by atoms with van der Waals surface area (Å²) in [5, 5.41) is -0.483. The number of hydrogen-bond acceptors (Lipinski definition) is 4. The average Bonchev–Trinajstić information content (AvgIpc) is 3.04. The molecule has 0 aliphatic heterocycles. The molecule has 4 nitrogen and oxygen atoms in total. The van der Waals surface area contributed by atoms with E-state index in [4.69, 9.17) is 22.7 Å². The number of ether oxygens (including phenoxy) is 1. The Hall–Kier alpha value is -1.14. The van der Waals surface area contributed by atoms with Gasteiger partial charge < -0.3 is 10.5 Å².